The summed E-state index contributed by atoms with van der Waals surface area (Å²) in [6, 6.07) is 7.66. The first-order chi connectivity index (χ1) is 10.5. The van der Waals surface area contributed by atoms with E-state index in [1.54, 1.807) is 0 Å². The van der Waals surface area contributed by atoms with Gasteiger partial charge in [0, 0.05) is 17.9 Å². The maximum absolute atomic E-state index is 11.9. The van der Waals surface area contributed by atoms with E-state index in [0.29, 0.717) is 12.1 Å². The van der Waals surface area contributed by atoms with Crippen LogP contribution in [0.2, 0.25) is 0 Å². The third-order valence-electron chi connectivity index (χ3n) is 3.61. The van der Waals surface area contributed by atoms with Crippen molar-refractivity contribution in [2.75, 3.05) is 0 Å². The van der Waals surface area contributed by atoms with Crippen molar-refractivity contribution >= 4 is 21.6 Å². The number of nitrogens with one attached hydrogen (secondary N) is 2. The zero-order chi connectivity index (χ0) is 15.9. The van der Waals surface area contributed by atoms with Crippen LogP contribution in [0.4, 0.5) is 0 Å². The van der Waals surface area contributed by atoms with Gasteiger partial charge in [-0.2, -0.15) is 5.10 Å². The minimum absolute atomic E-state index is 0.0224. The van der Waals surface area contributed by atoms with E-state index in [1.807, 2.05) is 24.3 Å². The van der Waals surface area contributed by atoms with Crippen molar-refractivity contribution in [2.24, 2.45) is 12.1 Å². The van der Waals surface area contributed by atoms with E-state index in [-0.39, 0.29) is 17.5 Å². The van der Waals surface area contributed by atoms with E-state index < -0.39 is 11.2 Å². The molecule has 2 heterocycles. The second kappa shape index (κ2) is 5.45. The molecule has 0 bridgehead atoms. The molecule has 1 aliphatic heterocycles. The number of hydrogen-bond acceptors (Lipinski definition) is 5. The molecule has 114 valence electrons. The lowest BCUT2D eigenvalue weighted by Crippen LogP contribution is -2.32. The van der Waals surface area contributed by atoms with Crippen LogP contribution in [0.25, 0.3) is 0 Å². The lowest BCUT2D eigenvalue weighted by Gasteiger charge is -2.10. The molecule has 0 spiro atoms. The number of aromatic hydroxyl groups is 1. The van der Waals surface area contributed by atoms with Crippen molar-refractivity contribution in [2.45, 2.75) is 12.5 Å². The van der Waals surface area contributed by atoms with Crippen molar-refractivity contribution in [3.63, 3.8) is 0 Å². The number of benzene rings is 1. The summed E-state index contributed by atoms with van der Waals surface area (Å²) in [7, 11) is 1.38. The molecule has 3 rings (SSSR count). The van der Waals surface area contributed by atoms with Gasteiger partial charge in [-0.25, -0.2) is 4.79 Å². The van der Waals surface area contributed by atoms with Gasteiger partial charge >= 0.3 is 5.69 Å². The Morgan fingerprint density at radius 2 is 2.00 bits per heavy atom. The van der Waals surface area contributed by atoms with Crippen molar-refractivity contribution in [1.82, 2.24) is 15.0 Å². The average Bonchev–Trinajstić information content (AvgIpc) is 2.95. The van der Waals surface area contributed by atoms with E-state index in [0.717, 1.165) is 14.6 Å². The summed E-state index contributed by atoms with van der Waals surface area (Å²) < 4.78 is 1.95. The largest absolute Gasteiger partial charge is 0.494 e. The highest BCUT2D eigenvalue weighted by Crippen LogP contribution is 2.26. The molecule has 1 aromatic carbocycles. The summed E-state index contributed by atoms with van der Waals surface area (Å²) in [6.45, 7) is 0. The normalized spacial score (nSPS) is 17.2. The Morgan fingerprint density at radius 3 is 2.68 bits per heavy atom. The summed E-state index contributed by atoms with van der Waals surface area (Å²) in [4.78, 5) is 25.5. The second-order valence-corrected chi connectivity index (χ2v) is 5.93. The average molecular weight is 365 g/mol. The summed E-state index contributed by atoms with van der Waals surface area (Å²) >= 11 is 3.38. The van der Waals surface area contributed by atoms with Crippen LogP contribution in [0.5, 0.6) is 5.88 Å². The maximum atomic E-state index is 11.9. The predicted molar refractivity (Wildman–Crippen MR) is 85.1 cm³/mol. The van der Waals surface area contributed by atoms with Crippen LogP contribution in [-0.4, -0.2) is 20.4 Å². The third kappa shape index (κ3) is 2.45. The number of hydrogen-bond donors (Lipinski definition) is 3. The SMILES string of the molecule is Cn1c(O)c(C2=NN[C@@H](c3ccc(Br)cc3)C2)c(=O)[nH]c1=O. The van der Waals surface area contributed by atoms with E-state index in [1.165, 1.54) is 7.05 Å². The molecule has 0 aliphatic carbocycles. The number of hydrazone groups is 1. The number of aromatic nitrogens is 2. The molecule has 0 fully saturated rings. The summed E-state index contributed by atoms with van der Waals surface area (Å²) in [5.74, 6) is -0.384. The molecule has 1 atom stereocenters. The highest BCUT2D eigenvalue weighted by atomic mass is 79.9. The van der Waals surface area contributed by atoms with Crippen LogP contribution in [-0.2, 0) is 7.05 Å². The molecule has 7 nitrogen and oxygen atoms in total. The number of nitrogens with zero attached hydrogens (tertiary/aromatic N) is 2. The highest BCUT2D eigenvalue weighted by molar-refractivity contribution is 9.10. The molecule has 1 aromatic heterocycles. The first-order valence-electron chi connectivity index (χ1n) is 6.57. The van der Waals surface area contributed by atoms with Crippen LogP contribution < -0.4 is 16.7 Å². The molecule has 0 saturated carbocycles. The van der Waals surface area contributed by atoms with Gasteiger partial charge in [0.2, 0.25) is 5.88 Å². The van der Waals surface area contributed by atoms with Crippen molar-refractivity contribution in [3.8, 4) is 5.88 Å². The fourth-order valence-corrected chi connectivity index (χ4v) is 2.62. The monoisotopic (exact) mass is 364 g/mol. The van der Waals surface area contributed by atoms with Gasteiger partial charge in [-0.3, -0.25) is 14.3 Å². The first kappa shape index (κ1) is 14.6. The Labute approximate surface area is 133 Å². The van der Waals surface area contributed by atoms with Gasteiger partial charge in [-0.15, -0.1) is 0 Å². The summed E-state index contributed by atoms with van der Waals surface area (Å²) in [5.41, 5.74) is 3.10. The molecular formula is C14H13BrN4O3. The van der Waals surface area contributed by atoms with Gasteiger partial charge in [-0.05, 0) is 17.7 Å². The van der Waals surface area contributed by atoms with E-state index in [2.05, 4.69) is 31.4 Å². The lowest BCUT2D eigenvalue weighted by molar-refractivity contribution is 0.416. The van der Waals surface area contributed by atoms with Gasteiger partial charge in [0.15, 0.2) is 0 Å². The van der Waals surface area contributed by atoms with Crippen LogP contribution in [0, 0.1) is 0 Å². The molecule has 0 amide bonds. The predicted octanol–water partition coefficient (Wildman–Crippen LogP) is 0.980. The Morgan fingerprint density at radius 1 is 1.32 bits per heavy atom. The van der Waals surface area contributed by atoms with Gasteiger partial charge in [0.1, 0.15) is 5.56 Å². The molecule has 0 radical (unpaired) electrons. The van der Waals surface area contributed by atoms with E-state index >= 15 is 0 Å². The van der Waals surface area contributed by atoms with E-state index in [4.69, 9.17) is 0 Å². The Balaban J connectivity index is 1.93. The molecular weight excluding hydrogens is 352 g/mol. The lowest BCUT2D eigenvalue weighted by atomic mass is 10.0. The number of aromatic amines is 1. The fraction of sp³-hybridized carbons (Fsp3) is 0.214. The van der Waals surface area contributed by atoms with Crippen LogP contribution in [0.1, 0.15) is 23.6 Å². The van der Waals surface area contributed by atoms with Crippen molar-refractivity contribution in [1.29, 1.82) is 0 Å². The van der Waals surface area contributed by atoms with Gasteiger partial charge < -0.3 is 10.5 Å². The molecule has 22 heavy (non-hydrogen) atoms. The zero-order valence-corrected chi connectivity index (χ0v) is 13.2. The molecule has 0 unspecified atom stereocenters. The number of rotatable bonds is 2. The third-order valence-corrected chi connectivity index (χ3v) is 4.14. The molecule has 1 aliphatic rings. The Hall–Kier alpha value is -2.35. The highest BCUT2D eigenvalue weighted by Gasteiger charge is 2.26. The fourth-order valence-electron chi connectivity index (χ4n) is 2.35. The number of halogens is 1. The standard InChI is InChI=1S/C14H13BrN4O3/c1-19-13(21)11(12(20)16-14(19)22)10-6-9(17-18-10)7-2-4-8(15)5-3-7/h2-5,9,17,21H,6H2,1H3,(H,16,20,22)/t9-/m1/s1. The second-order valence-electron chi connectivity index (χ2n) is 5.01. The molecule has 2 aromatic rings. The topological polar surface area (TPSA) is 99.5 Å². The number of H-pyrrole nitrogens is 1. The quantitative estimate of drug-likeness (QED) is 0.739. The zero-order valence-electron chi connectivity index (χ0n) is 11.6. The first-order valence-corrected chi connectivity index (χ1v) is 7.37. The van der Waals surface area contributed by atoms with Crippen LogP contribution in [0.3, 0.4) is 0 Å². The smallest absolute Gasteiger partial charge is 0.330 e. The van der Waals surface area contributed by atoms with Crippen LogP contribution in [0.15, 0.2) is 43.4 Å². The summed E-state index contributed by atoms with van der Waals surface area (Å²) in [6.07, 6.45) is 0.441. The minimum atomic E-state index is -0.665. The van der Waals surface area contributed by atoms with Gasteiger partial charge in [0.25, 0.3) is 5.56 Å². The summed E-state index contributed by atoms with van der Waals surface area (Å²) in [5, 5.41) is 14.2. The maximum Gasteiger partial charge on any atom is 0.330 e. The molecule has 0 saturated heterocycles. The van der Waals surface area contributed by atoms with Gasteiger partial charge in [0.05, 0.1) is 11.8 Å². The Bertz CT molecular complexity index is 867. The minimum Gasteiger partial charge on any atom is -0.494 e. The van der Waals surface area contributed by atoms with Crippen LogP contribution >= 0.6 is 15.9 Å². The molecule has 8 heteroatoms. The van der Waals surface area contributed by atoms with Crippen molar-refractivity contribution < 1.29 is 5.11 Å². The van der Waals surface area contributed by atoms with Gasteiger partial charge in [-0.1, -0.05) is 28.1 Å². The molecule has 3 N–H and O–H groups in total. The Kier molecular flexibility index (Phi) is 3.61. The van der Waals surface area contributed by atoms with Crippen molar-refractivity contribution in [3.05, 3.63) is 60.7 Å². The van der Waals surface area contributed by atoms with E-state index in [9.17, 15) is 14.7 Å².